The van der Waals surface area contributed by atoms with Gasteiger partial charge in [-0.25, -0.2) is 0 Å². The van der Waals surface area contributed by atoms with Gasteiger partial charge in [-0.1, -0.05) is 6.07 Å². The first-order chi connectivity index (χ1) is 11.9. The molecule has 0 bridgehead atoms. The van der Waals surface area contributed by atoms with Crippen LogP contribution in [-0.4, -0.2) is 24.1 Å². The third-order valence-electron chi connectivity index (χ3n) is 3.31. The summed E-state index contributed by atoms with van der Waals surface area (Å²) < 4.78 is 48.1. The maximum Gasteiger partial charge on any atom is 0.433 e. The smallest absolute Gasteiger partial charge is 0.433 e. The standard InChI is InChI=1S/C17H13F3N2O3/c18-17(19,20)15-5-1-11(10-21-15)2-6-16(23)22-12-3-4-13-14(9-12)25-8-7-24-13/h1-6,9-10H,7-8H2,(H,22,23). The largest absolute Gasteiger partial charge is 0.486 e. The number of amides is 1. The minimum Gasteiger partial charge on any atom is -0.486 e. The first-order valence-corrected chi connectivity index (χ1v) is 7.34. The number of ether oxygens (including phenoxy) is 2. The fraction of sp³-hybridized carbons (Fsp3) is 0.176. The number of nitrogens with zero attached hydrogens (tertiary/aromatic N) is 1. The fourth-order valence-electron chi connectivity index (χ4n) is 2.15. The summed E-state index contributed by atoms with van der Waals surface area (Å²) in [4.78, 5) is 15.2. The molecule has 1 aliphatic rings. The number of alkyl halides is 3. The van der Waals surface area contributed by atoms with E-state index in [2.05, 4.69) is 10.3 Å². The van der Waals surface area contributed by atoms with E-state index in [0.29, 0.717) is 36.0 Å². The van der Waals surface area contributed by atoms with Crippen LogP contribution in [-0.2, 0) is 11.0 Å². The van der Waals surface area contributed by atoms with Gasteiger partial charge in [0.05, 0.1) is 0 Å². The summed E-state index contributed by atoms with van der Waals surface area (Å²) in [7, 11) is 0. The molecule has 0 atom stereocenters. The lowest BCUT2D eigenvalue weighted by atomic mass is 10.2. The molecule has 8 heteroatoms. The van der Waals surface area contributed by atoms with Crippen molar-refractivity contribution in [3.8, 4) is 11.5 Å². The molecule has 0 saturated carbocycles. The van der Waals surface area contributed by atoms with Crippen LogP contribution in [0.1, 0.15) is 11.3 Å². The van der Waals surface area contributed by atoms with Crippen molar-refractivity contribution in [1.82, 2.24) is 4.98 Å². The highest BCUT2D eigenvalue weighted by molar-refractivity contribution is 6.02. The van der Waals surface area contributed by atoms with Gasteiger partial charge < -0.3 is 14.8 Å². The number of carbonyl (C=O) groups is 1. The van der Waals surface area contributed by atoms with E-state index in [0.717, 1.165) is 12.3 Å². The van der Waals surface area contributed by atoms with Crippen molar-refractivity contribution in [2.24, 2.45) is 0 Å². The normalized spacial score (nSPS) is 13.7. The molecule has 2 aromatic rings. The van der Waals surface area contributed by atoms with Crippen molar-refractivity contribution in [2.75, 3.05) is 18.5 Å². The number of halogens is 3. The molecule has 1 aromatic carbocycles. The topological polar surface area (TPSA) is 60.5 Å². The predicted molar refractivity (Wildman–Crippen MR) is 84.3 cm³/mol. The summed E-state index contributed by atoms with van der Waals surface area (Å²) >= 11 is 0. The molecule has 5 nitrogen and oxygen atoms in total. The van der Waals surface area contributed by atoms with Crippen LogP contribution in [0, 0.1) is 0 Å². The summed E-state index contributed by atoms with van der Waals surface area (Å²) in [5, 5.41) is 2.64. The number of benzene rings is 1. The van der Waals surface area contributed by atoms with Crippen LogP contribution in [0.5, 0.6) is 11.5 Å². The number of hydrogen-bond donors (Lipinski definition) is 1. The Morgan fingerprint density at radius 1 is 1.12 bits per heavy atom. The number of anilines is 1. The molecule has 0 spiro atoms. The van der Waals surface area contributed by atoms with E-state index < -0.39 is 17.8 Å². The molecule has 1 aliphatic heterocycles. The van der Waals surface area contributed by atoms with Crippen LogP contribution in [0.4, 0.5) is 18.9 Å². The Hall–Kier alpha value is -3.03. The SMILES string of the molecule is O=C(C=Cc1ccc(C(F)(F)F)nc1)Nc1ccc2c(c1)OCCO2. The van der Waals surface area contributed by atoms with E-state index in [1.165, 1.54) is 18.2 Å². The second kappa shape index (κ2) is 6.84. The fourth-order valence-corrected chi connectivity index (χ4v) is 2.15. The Morgan fingerprint density at radius 3 is 2.56 bits per heavy atom. The monoisotopic (exact) mass is 350 g/mol. The Kier molecular flexibility index (Phi) is 4.60. The number of hydrogen-bond acceptors (Lipinski definition) is 4. The van der Waals surface area contributed by atoms with Crippen LogP contribution in [0.2, 0.25) is 0 Å². The minimum absolute atomic E-state index is 0.380. The Morgan fingerprint density at radius 2 is 1.88 bits per heavy atom. The van der Waals surface area contributed by atoms with Crippen molar-refractivity contribution >= 4 is 17.7 Å². The van der Waals surface area contributed by atoms with E-state index in [4.69, 9.17) is 9.47 Å². The van der Waals surface area contributed by atoms with Crippen LogP contribution in [0.15, 0.2) is 42.6 Å². The molecular formula is C17H13F3N2O3. The molecule has 1 N–H and O–H groups in total. The summed E-state index contributed by atoms with van der Waals surface area (Å²) in [6, 6.07) is 7.09. The zero-order chi connectivity index (χ0) is 17.9. The highest BCUT2D eigenvalue weighted by Crippen LogP contribution is 2.32. The average molecular weight is 350 g/mol. The van der Waals surface area contributed by atoms with E-state index in [9.17, 15) is 18.0 Å². The van der Waals surface area contributed by atoms with Gasteiger partial charge in [0.2, 0.25) is 5.91 Å². The number of pyridine rings is 1. The van der Waals surface area contributed by atoms with Crippen molar-refractivity contribution in [2.45, 2.75) is 6.18 Å². The quantitative estimate of drug-likeness (QED) is 0.861. The van der Waals surface area contributed by atoms with Gasteiger partial charge in [0, 0.05) is 24.0 Å². The molecule has 0 unspecified atom stereocenters. The number of fused-ring (bicyclic) bond motifs is 1. The zero-order valence-electron chi connectivity index (χ0n) is 12.8. The summed E-state index contributed by atoms with van der Waals surface area (Å²) in [6.45, 7) is 0.911. The molecule has 2 heterocycles. The van der Waals surface area contributed by atoms with Crippen molar-refractivity contribution in [3.63, 3.8) is 0 Å². The Bertz CT molecular complexity index is 802. The first kappa shape index (κ1) is 16.8. The lowest BCUT2D eigenvalue weighted by molar-refractivity contribution is -0.141. The summed E-state index contributed by atoms with van der Waals surface area (Å²) in [5.41, 5.74) is -0.0832. The molecular weight excluding hydrogens is 337 g/mol. The van der Waals surface area contributed by atoms with Crippen LogP contribution < -0.4 is 14.8 Å². The third-order valence-corrected chi connectivity index (χ3v) is 3.31. The van der Waals surface area contributed by atoms with Gasteiger partial charge in [-0.2, -0.15) is 13.2 Å². The van der Waals surface area contributed by atoms with Gasteiger partial charge in [0.1, 0.15) is 18.9 Å². The number of carbonyl (C=O) groups excluding carboxylic acids is 1. The second-order valence-electron chi connectivity index (χ2n) is 5.16. The van der Waals surface area contributed by atoms with Crippen molar-refractivity contribution in [1.29, 1.82) is 0 Å². The van der Waals surface area contributed by atoms with Gasteiger partial charge >= 0.3 is 6.18 Å². The first-order valence-electron chi connectivity index (χ1n) is 7.34. The number of rotatable bonds is 3. The van der Waals surface area contributed by atoms with Crippen molar-refractivity contribution in [3.05, 3.63) is 53.9 Å². The molecule has 0 radical (unpaired) electrons. The van der Waals surface area contributed by atoms with E-state index >= 15 is 0 Å². The van der Waals surface area contributed by atoms with Crippen LogP contribution in [0.3, 0.4) is 0 Å². The molecule has 0 fully saturated rings. The number of aromatic nitrogens is 1. The molecule has 1 amide bonds. The molecule has 25 heavy (non-hydrogen) atoms. The Balaban J connectivity index is 1.63. The minimum atomic E-state index is -4.49. The van der Waals surface area contributed by atoms with Gasteiger partial charge in [-0.15, -0.1) is 0 Å². The molecule has 3 rings (SSSR count). The van der Waals surface area contributed by atoms with Gasteiger partial charge in [0.25, 0.3) is 0 Å². The molecule has 1 aromatic heterocycles. The highest BCUT2D eigenvalue weighted by Gasteiger charge is 2.31. The maximum absolute atomic E-state index is 12.4. The summed E-state index contributed by atoms with van der Waals surface area (Å²) in [6.07, 6.45) is -0.851. The van der Waals surface area contributed by atoms with E-state index in [1.54, 1.807) is 18.2 Å². The zero-order valence-corrected chi connectivity index (χ0v) is 12.8. The van der Waals surface area contributed by atoms with Crippen LogP contribution in [0.25, 0.3) is 6.08 Å². The van der Waals surface area contributed by atoms with E-state index in [-0.39, 0.29) is 0 Å². The van der Waals surface area contributed by atoms with Gasteiger partial charge in [-0.3, -0.25) is 9.78 Å². The average Bonchev–Trinajstić information content (AvgIpc) is 2.59. The predicted octanol–water partition coefficient (Wildman–Crippen LogP) is 3.52. The molecule has 0 aliphatic carbocycles. The maximum atomic E-state index is 12.4. The molecule has 0 saturated heterocycles. The van der Waals surface area contributed by atoms with Crippen LogP contribution >= 0.6 is 0 Å². The lowest BCUT2D eigenvalue weighted by Crippen LogP contribution is -2.16. The molecule has 130 valence electrons. The Labute approximate surface area is 141 Å². The summed E-state index contributed by atoms with van der Waals surface area (Å²) in [5.74, 6) is 0.715. The van der Waals surface area contributed by atoms with Gasteiger partial charge in [0.15, 0.2) is 11.5 Å². The van der Waals surface area contributed by atoms with Crippen molar-refractivity contribution < 1.29 is 27.4 Å². The van der Waals surface area contributed by atoms with Gasteiger partial charge in [-0.05, 0) is 29.8 Å². The third kappa shape index (κ3) is 4.28. The number of nitrogens with one attached hydrogen (secondary N) is 1. The highest BCUT2D eigenvalue weighted by atomic mass is 19.4. The lowest BCUT2D eigenvalue weighted by Gasteiger charge is -2.18. The van der Waals surface area contributed by atoms with E-state index in [1.807, 2.05) is 0 Å². The second-order valence-corrected chi connectivity index (χ2v) is 5.16.